The number of hydrogen-bond donors (Lipinski definition) is 0. The van der Waals surface area contributed by atoms with Crippen molar-refractivity contribution in [3.05, 3.63) is 23.8 Å². The Bertz CT molecular complexity index is 494. The summed E-state index contributed by atoms with van der Waals surface area (Å²) in [6, 6.07) is 3.01. The molecule has 0 bridgehead atoms. The summed E-state index contributed by atoms with van der Waals surface area (Å²) in [5.41, 5.74) is -9.89. The monoisotopic (exact) mass is 368 g/mol. The number of benzene rings is 1. The van der Waals surface area contributed by atoms with Gasteiger partial charge in [0, 0.05) is 15.4 Å². The molecule has 0 heterocycles. The van der Waals surface area contributed by atoms with Crippen LogP contribution in [0.2, 0.25) is 0 Å². The van der Waals surface area contributed by atoms with Crippen LogP contribution in [0.4, 0.5) is 26.3 Å². The molecule has 0 amide bonds. The van der Waals surface area contributed by atoms with Crippen LogP contribution in [0.25, 0.3) is 0 Å². The van der Waals surface area contributed by atoms with E-state index in [2.05, 4.69) is 0 Å². The lowest BCUT2D eigenvalue weighted by atomic mass is 10.1. The van der Waals surface area contributed by atoms with Gasteiger partial charge in [0.15, 0.2) is 5.78 Å². The van der Waals surface area contributed by atoms with Crippen molar-refractivity contribution in [2.45, 2.75) is 33.1 Å². The minimum absolute atomic E-state index is 0.476. The smallest absolute Gasteiger partial charge is 0.298 e. The van der Waals surface area contributed by atoms with Crippen LogP contribution < -0.4 is 0 Å². The molecule has 1 unspecified atom stereocenters. The van der Waals surface area contributed by atoms with Crippen molar-refractivity contribution < 1.29 is 31.1 Å². The van der Waals surface area contributed by atoms with Gasteiger partial charge < -0.3 is 0 Å². The summed E-state index contributed by atoms with van der Waals surface area (Å²) in [7, 11) is 0. The van der Waals surface area contributed by atoms with Crippen molar-refractivity contribution in [1.29, 1.82) is 0 Å². The lowest BCUT2D eigenvalue weighted by Gasteiger charge is -2.18. The summed E-state index contributed by atoms with van der Waals surface area (Å²) in [4.78, 5) is 10.2. The van der Waals surface area contributed by atoms with Crippen molar-refractivity contribution in [1.82, 2.24) is 0 Å². The third-order valence-corrected chi connectivity index (χ3v) is 4.23. The Labute approximate surface area is 129 Å². The van der Waals surface area contributed by atoms with E-state index in [-0.39, 0.29) is 0 Å². The second-order valence-electron chi connectivity index (χ2n) is 3.74. The molecule has 0 saturated carbocycles. The molecule has 1 aromatic rings. The van der Waals surface area contributed by atoms with E-state index in [1.54, 1.807) is 0 Å². The van der Waals surface area contributed by atoms with Crippen LogP contribution in [-0.4, -0.2) is 16.8 Å². The molecule has 0 saturated heterocycles. The molecule has 0 spiro atoms. The molecule has 0 fully saturated rings. The molecular formula is C11H7ClF6OS2. The molecule has 10 heteroatoms. The van der Waals surface area contributed by atoms with E-state index in [9.17, 15) is 31.1 Å². The summed E-state index contributed by atoms with van der Waals surface area (Å²) in [5, 5.41) is -1.58. The van der Waals surface area contributed by atoms with Crippen LogP contribution in [0.3, 0.4) is 0 Å². The first-order valence-corrected chi connectivity index (χ1v) is 7.26. The summed E-state index contributed by atoms with van der Waals surface area (Å²) in [5.74, 6) is -0.740. The topological polar surface area (TPSA) is 17.1 Å². The Morgan fingerprint density at radius 1 is 1.05 bits per heavy atom. The minimum Gasteiger partial charge on any atom is -0.298 e. The van der Waals surface area contributed by atoms with E-state index in [4.69, 9.17) is 11.6 Å². The number of thioether (sulfide) groups is 2. The lowest BCUT2D eigenvalue weighted by Crippen LogP contribution is -2.09. The van der Waals surface area contributed by atoms with Crippen LogP contribution >= 0.6 is 35.1 Å². The zero-order valence-corrected chi connectivity index (χ0v) is 12.6. The molecule has 0 aliphatic heterocycles. The highest BCUT2D eigenvalue weighted by Crippen LogP contribution is 2.47. The summed E-state index contributed by atoms with van der Waals surface area (Å²) < 4.78 is 74.8. The van der Waals surface area contributed by atoms with Gasteiger partial charge >= 0.3 is 11.0 Å². The second kappa shape index (κ2) is 6.70. The van der Waals surface area contributed by atoms with Gasteiger partial charge in [0.05, 0.1) is 0 Å². The van der Waals surface area contributed by atoms with Crippen LogP contribution in [0.1, 0.15) is 17.9 Å². The van der Waals surface area contributed by atoms with Gasteiger partial charge in [-0.1, -0.05) is 6.07 Å². The fourth-order valence-corrected chi connectivity index (χ4v) is 3.30. The molecule has 0 aliphatic rings. The quantitative estimate of drug-likeness (QED) is 0.381. The Balaban J connectivity index is 3.37. The number of ketones is 1. The standard InChI is InChI=1S/C11H7ClF6OS2/c1-5(19)9(12)8-6(20-10(13,14)15)3-2-4-7(8)21-11(16,17)18/h2-4,9H,1H3. The van der Waals surface area contributed by atoms with Gasteiger partial charge in [0.2, 0.25) is 0 Å². The zero-order chi connectivity index (χ0) is 16.4. The van der Waals surface area contributed by atoms with E-state index in [1.807, 2.05) is 0 Å². The minimum atomic E-state index is -4.70. The van der Waals surface area contributed by atoms with Crippen LogP contribution in [0.5, 0.6) is 0 Å². The second-order valence-corrected chi connectivity index (χ2v) is 6.39. The normalized spacial score (nSPS) is 14.1. The molecule has 0 aliphatic carbocycles. The Hall–Kier alpha value is -0.540. The van der Waals surface area contributed by atoms with Crippen LogP contribution in [0, 0.1) is 0 Å². The van der Waals surface area contributed by atoms with Crippen molar-refractivity contribution in [3.8, 4) is 0 Å². The fraction of sp³-hybridized carbons (Fsp3) is 0.364. The first kappa shape index (κ1) is 18.5. The predicted octanol–water partition coefficient (Wildman–Crippen LogP) is 5.78. The largest absolute Gasteiger partial charge is 0.446 e. The van der Waals surface area contributed by atoms with E-state index in [0.717, 1.165) is 25.1 Å². The highest BCUT2D eigenvalue weighted by atomic mass is 35.5. The Morgan fingerprint density at radius 2 is 1.43 bits per heavy atom. The number of Topliss-reactive ketones (excluding diaryl/α,β-unsaturated/α-hetero) is 1. The number of carbonyl (C=O) groups excluding carboxylic acids is 1. The number of hydrogen-bond acceptors (Lipinski definition) is 3. The van der Waals surface area contributed by atoms with Gasteiger partial charge in [0.1, 0.15) is 5.38 Å². The molecule has 1 atom stereocenters. The average Bonchev–Trinajstić information content (AvgIpc) is 2.23. The SMILES string of the molecule is CC(=O)C(Cl)c1c(SC(F)(F)F)cccc1SC(F)(F)F. The van der Waals surface area contributed by atoms with E-state index in [0.29, 0.717) is 0 Å². The van der Waals surface area contributed by atoms with E-state index < -0.39 is 61.1 Å². The average molecular weight is 369 g/mol. The first-order valence-electron chi connectivity index (χ1n) is 5.19. The number of rotatable bonds is 4. The third-order valence-electron chi connectivity index (χ3n) is 2.09. The molecule has 0 aromatic heterocycles. The maximum atomic E-state index is 12.5. The van der Waals surface area contributed by atoms with Gasteiger partial charge in [-0.2, -0.15) is 26.3 Å². The Kier molecular flexibility index (Phi) is 5.91. The summed E-state index contributed by atoms with van der Waals surface area (Å²) in [6.45, 7) is 0.995. The van der Waals surface area contributed by atoms with Gasteiger partial charge in [-0.25, -0.2) is 0 Å². The van der Waals surface area contributed by atoms with Crippen LogP contribution in [-0.2, 0) is 4.79 Å². The number of carbonyl (C=O) groups is 1. The van der Waals surface area contributed by atoms with Crippen molar-refractivity contribution in [2.75, 3.05) is 0 Å². The molecule has 0 N–H and O–H groups in total. The summed E-state index contributed by atoms with van der Waals surface area (Å²) >= 11 is 4.49. The predicted molar refractivity (Wildman–Crippen MR) is 69.5 cm³/mol. The molecule has 118 valence electrons. The molecular weight excluding hydrogens is 362 g/mol. The first-order chi connectivity index (χ1) is 9.41. The van der Waals surface area contributed by atoms with Gasteiger partial charge in [-0.15, -0.1) is 11.6 Å². The van der Waals surface area contributed by atoms with Gasteiger partial charge in [-0.05, 0) is 42.6 Å². The fourth-order valence-electron chi connectivity index (χ4n) is 1.40. The maximum Gasteiger partial charge on any atom is 0.446 e. The third kappa shape index (κ3) is 5.99. The van der Waals surface area contributed by atoms with Gasteiger partial charge in [-0.3, -0.25) is 4.79 Å². The molecule has 1 rings (SSSR count). The summed E-state index contributed by atoms with van der Waals surface area (Å²) in [6.07, 6.45) is 0. The van der Waals surface area contributed by atoms with Crippen molar-refractivity contribution >= 4 is 40.9 Å². The highest BCUT2D eigenvalue weighted by molar-refractivity contribution is 8.01. The number of halogens is 7. The van der Waals surface area contributed by atoms with Crippen molar-refractivity contribution in [3.63, 3.8) is 0 Å². The van der Waals surface area contributed by atoms with E-state index >= 15 is 0 Å². The molecule has 0 radical (unpaired) electrons. The molecule has 21 heavy (non-hydrogen) atoms. The van der Waals surface area contributed by atoms with Gasteiger partial charge in [0.25, 0.3) is 0 Å². The van der Waals surface area contributed by atoms with Crippen molar-refractivity contribution in [2.24, 2.45) is 0 Å². The van der Waals surface area contributed by atoms with E-state index in [1.165, 1.54) is 0 Å². The number of alkyl halides is 7. The maximum absolute atomic E-state index is 12.5. The lowest BCUT2D eigenvalue weighted by molar-refractivity contribution is -0.116. The molecule has 1 nitrogen and oxygen atoms in total. The highest BCUT2D eigenvalue weighted by Gasteiger charge is 2.36. The zero-order valence-electron chi connectivity index (χ0n) is 10.2. The molecule has 1 aromatic carbocycles. The Morgan fingerprint density at radius 3 is 1.71 bits per heavy atom. The van der Waals surface area contributed by atoms with Crippen LogP contribution in [0.15, 0.2) is 28.0 Å².